The van der Waals surface area contributed by atoms with E-state index in [1.807, 2.05) is 36.7 Å². The number of rotatable bonds is 3. The minimum atomic E-state index is -1.05. The molecule has 0 radical (unpaired) electrons. The molecular weight excluding hydrogens is 348 g/mol. The number of carbonyl (C=O) groups is 2. The van der Waals surface area contributed by atoms with Gasteiger partial charge in [0.05, 0.1) is 24.9 Å². The van der Waals surface area contributed by atoms with Crippen LogP contribution in [0, 0.1) is 6.92 Å². The minimum Gasteiger partial charge on any atom is -0.497 e. The predicted octanol–water partition coefficient (Wildman–Crippen LogP) is 2.12. The largest absolute Gasteiger partial charge is 0.497 e. The van der Waals surface area contributed by atoms with Gasteiger partial charge in [0.15, 0.2) is 5.69 Å². The Bertz CT molecular complexity index is 1080. The van der Waals surface area contributed by atoms with Crippen LogP contribution >= 0.6 is 0 Å². The van der Waals surface area contributed by atoms with Crippen LogP contribution in [0.3, 0.4) is 0 Å². The van der Waals surface area contributed by atoms with Gasteiger partial charge in [0, 0.05) is 35.8 Å². The molecule has 2 aromatic heterocycles. The second kappa shape index (κ2) is 6.15. The first-order valence-corrected chi connectivity index (χ1v) is 8.64. The van der Waals surface area contributed by atoms with Crippen molar-refractivity contribution in [2.24, 2.45) is 7.05 Å². The summed E-state index contributed by atoms with van der Waals surface area (Å²) in [6.07, 6.45) is 0.465. The molecule has 0 fully saturated rings. The number of nitrogens with zero attached hydrogens (tertiary/aromatic N) is 3. The van der Waals surface area contributed by atoms with Crippen molar-refractivity contribution in [2.75, 3.05) is 13.7 Å². The van der Waals surface area contributed by atoms with E-state index in [1.165, 1.54) is 0 Å². The molecule has 1 aliphatic heterocycles. The van der Waals surface area contributed by atoms with E-state index in [2.05, 4.69) is 10.2 Å². The first-order valence-electron chi connectivity index (χ1n) is 8.64. The van der Waals surface area contributed by atoms with Crippen molar-refractivity contribution in [2.45, 2.75) is 19.9 Å². The van der Waals surface area contributed by atoms with Crippen molar-refractivity contribution in [3.05, 3.63) is 46.4 Å². The quantitative estimate of drug-likeness (QED) is 0.737. The van der Waals surface area contributed by atoms with Gasteiger partial charge >= 0.3 is 5.97 Å². The molecule has 1 aromatic carbocycles. The van der Waals surface area contributed by atoms with Gasteiger partial charge in [-0.1, -0.05) is 0 Å². The number of carbonyl (C=O) groups excluding carboxylic acids is 1. The van der Waals surface area contributed by atoms with Gasteiger partial charge in [0.2, 0.25) is 0 Å². The Morgan fingerprint density at radius 1 is 1.33 bits per heavy atom. The number of methoxy groups -OCH3 is 1. The molecule has 8 nitrogen and oxygen atoms in total. The highest BCUT2D eigenvalue weighted by Crippen LogP contribution is 2.31. The van der Waals surface area contributed by atoms with Crippen LogP contribution in [0.15, 0.2) is 18.2 Å². The van der Waals surface area contributed by atoms with E-state index >= 15 is 0 Å². The number of nitrogens with one attached hydrogen (secondary N) is 1. The summed E-state index contributed by atoms with van der Waals surface area (Å²) in [7, 11) is 3.53. The lowest BCUT2D eigenvalue weighted by Crippen LogP contribution is -2.36. The van der Waals surface area contributed by atoms with Gasteiger partial charge < -0.3 is 19.3 Å². The number of aromatic amines is 1. The maximum absolute atomic E-state index is 13.3. The predicted molar refractivity (Wildman–Crippen MR) is 98.2 cm³/mol. The Morgan fingerprint density at radius 2 is 2.11 bits per heavy atom. The van der Waals surface area contributed by atoms with Crippen molar-refractivity contribution in [3.8, 4) is 5.75 Å². The van der Waals surface area contributed by atoms with Crippen molar-refractivity contribution < 1.29 is 19.4 Å². The molecule has 0 saturated carbocycles. The van der Waals surface area contributed by atoms with Crippen LogP contribution in [0.5, 0.6) is 5.75 Å². The number of carboxylic acid groups (broad SMARTS) is 1. The highest BCUT2D eigenvalue weighted by molar-refractivity contribution is 6.08. The number of benzene rings is 1. The van der Waals surface area contributed by atoms with Gasteiger partial charge in [-0.25, -0.2) is 4.79 Å². The van der Waals surface area contributed by atoms with Crippen molar-refractivity contribution in [1.29, 1.82) is 0 Å². The number of aromatic nitrogens is 3. The molecule has 1 aliphatic rings. The molecule has 0 spiro atoms. The normalized spacial score (nSPS) is 13.7. The molecule has 0 saturated heterocycles. The molecule has 1 amide bonds. The maximum atomic E-state index is 13.3. The lowest BCUT2D eigenvalue weighted by Gasteiger charge is -2.27. The number of H-pyrrole nitrogens is 1. The van der Waals surface area contributed by atoms with Crippen LogP contribution in [0.2, 0.25) is 0 Å². The summed E-state index contributed by atoms with van der Waals surface area (Å²) in [5.74, 6) is -0.435. The van der Waals surface area contributed by atoms with Crippen LogP contribution in [-0.2, 0) is 20.0 Å². The molecular formula is C19H20N4O4. The zero-order chi connectivity index (χ0) is 19.3. The van der Waals surface area contributed by atoms with Crippen molar-refractivity contribution in [1.82, 2.24) is 19.7 Å². The second-order valence-electron chi connectivity index (χ2n) is 6.71. The van der Waals surface area contributed by atoms with Gasteiger partial charge in [-0.3, -0.25) is 9.89 Å². The standard InChI is InChI=1S/C19H20N4O4/c1-10-16(13-8-11(27-3)4-5-15(13)22(10)2)18(24)23-7-6-12-14(9-23)20-21-17(12)19(25)26/h4-5,8H,6-7,9H2,1-3H3,(H,20,21)(H,25,26). The van der Waals surface area contributed by atoms with Gasteiger partial charge in [0.1, 0.15) is 5.75 Å². The number of aryl methyl sites for hydroxylation is 1. The number of aromatic carboxylic acids is 1. The lowest BCUT2D eigenvalue weighted by molar-refractivity contribution is 0.0689. The zero-order valence-electron chi connectivity index (χ0n) is 15.4. The fraction of sp³-hybridized carbons (Fsp3) is 0.316. The van der Waals surface area contributed by atoms with Crippen LogP contribution < -0.4 is 4.74 Å². The highest BCUT2D eigenvalue weighted by atomic mass is 16.5. The lowest BCUT2D eigenvalue weighted by atomic mass is 10.0. The summed E-state index contributed by atoms with van der Waals surface area (Å²) >= 11 is 0. The SMILES string of the molecule is COc1ccc2c(c1)c(C(=O)N1CCc3c(C(=O)O)n[nH]c3C1)c(C)n2C. The van der Waals surface area contributed by atoms with Gasteiger partial charge in [-0.2, -0.15) is 5.10 Å². The third-order valence-electron chi connectivity index (χ3n) is 5.34. The number of fused-ring (bicyclic) bond motifs is 2. The molecule has 4 rings (SSSR count). The van der Waals surface area contributed by atoms with Gasteiger partial charge in [-0.15, -0.1) is 0 Å². The van der Waals surface area contributed by atoms with E-state index in [4.69, 9.17) is 4.74 Å². The molecule has 8 heteroatoms. The Labute approximate surface area is 155 Å². The number of hydrogen-bond donors (Lipinski definition) is 2. The monoisotopic (exact) mass is 368 g/mol. The van der Waals surface area contributed by atoms with Crippen LogP contribution in [0.25, 0.3) is 10.9 Å². The summed E-state index contributed by atoms with van der Waals surface area (Å²) in [5, 5.41) is 16.7. The Morgan fingerprint density at radius 3 is 2.81 bits per heavy atom. The third kappa shape index (κ3) is 2.56. The van der Waals surface area contributed by atoms with E-state index in [-0.39, 0.29) is 11.6 Å². The van der Waals surface area contributed by atoms with Crippen LogP contribution in [-0.4, -0.2) is 50.3 Å². The van der Waals surface area contributed by atoms with Gasteiger partial charge in [-0.05, 0) is 31.5 Å². The fourth-order valence-corrected chi connectivity index (χ4v) is 3.77. The number of ether oxygens (including phenoxy) is 1. The first-order chi connectivity index (χ1) is 12.9. The van der Waals surface area contributed by atoms with E-state index in [0.29, 0.717) is 42.1 Å². The molecule has 2 N–H and O–H groups in total. The average Bonchev–Trinajstić information content (AvgIpc) is 3.20. The topological polar surface area (TPSA) is 100 Å². The molecule has 0 bridgehead atoms. The Balaban J connectivity index is 1.73. The van der Waals surface area contributed by atoms with E-state index < -0.39 is 5.97 Å². The van der Waals surface area contributed by atoms with E-state index in [9.17, 15) is 14.7 Å². The molecule has 0 atom stereocenters. The fourth-order valence-electron chi connectivity index (χ4n) is 3.77. The molecule has 3 heterocycles. The van der Waals surface area contributed by atoms with Gasteiger partial charge in [0.25, 0.3) is 5.91 Å². The number of amides is 1. The average molecular weight is 368 g/mol. The zero-order valence-corrected chi connectivity index (χ0v) is 15.4. The number of carboxylic acids is 1. The molecule has 27 heavy (non-hydrogen) atoms. The summed E-state index contributed by atoms with van der Waals surface area (Å²) in [4.78, 5) is 26.3. The maximum Gasteiger partial charge on any atom is 0.356 e. The van der Waals surface area contributed by atoms with E-state index in [0.717, 1.165) is 16.6 Å². The third-order valence-corrected chi connectivity index (χ3v) is 5.34. The molecule has 3 aromatic rings. The molecule has 0 unspecified atom stereocenters. The smallest absolute Gasteiger partial charge is 0.356 e. The molecule has 0 aliphatic carbocycles. The summed E-state index contributed by atoms with van der Waals surface area (Å²) in [5.41, 5.74) is 3.90. The summed E-state index contributed by atoms with van der Waals surface area (Å²) < 4.78 is 7.32. The first kappa shape index (κ1) is 17.1. The molecule has 140 valence electrons. The summed E-state index contributed by atoms with van der Waals surface area (Å²) in [6, 6.07) is 5.70. The number of hydrogen-bond acceptors (Lipinski definition) is 4. The van der Waals surface area contributed by atoms with Crippen LogP contribution in [0.4, 0.5) is 0 Å². The highest BCUT2D eigenvalue weighted by Gasteiger charge is 2.30. The Hall–Kier alpha value is -3.29. The van der Waals surface area contributed by atoms with Crippen LogP contribution in [0.1, 0.15) is 37.8 Å². The van der Waals surface area contributed by atoms with Crippen molar-refractivity contribution in [3.63, 3.8) is 0 Å². The Kier molecular flexibility index (Phi) is 3.91. The van der Waals surface area contributed by atoms with E-state index in [1.54, 1.807) is 12.0 Å². The second-order valence-corrected chi connectivity index (χ2v) is 6.71. The minimum absolute atomic E-state index is 0.0446. The van der Waals surface area contributed by atoms with Crippen molar-refractivity contribution >= 4 is 22.8 Å². The summed E-state index contributed by atoms with van der Waals surface area (Å²) in [6.45, 7) is 2.69.